The fraction of sp³-hybridized carbons (Fsp3) is 0.125. The highest BCUT2D eigenvalue weighted by Crippen LogP contribution is 2.17. The van der Waals surface area contributed by atoms with Gasteiger partial charge >= 0.3 is 5.97 Å². The molecule has 6 heteroatoms. The number of rotatable bonds is 5. The summed E-state index contributed by atoms with van der Waals surface area (Å²) < 4.78 is 14.9. The number of esters is 1. The van der Waals surface area contributed by atoms with Crippen LogP contribution in [0.25, 0.3) is 6.08 Å². The summed E-state index contributed by atoms with van der Waals surface area (Å²) in [5.41, 5.74) is 0.271. The molecule has 0 atom stereocenters. The molecule has 0 radical (unpaired) electrons. The van der Waals surface area contributed by atoms with E-state index in [-0.39, 0.29) is 5.70 Å². The third-order valence-corrected chi connectivity index (χ3v) is 2.83. The second-order valence-corrected chi connectivity index (χ2v) is 4.22. The lowest BCUT2D eigenvalue weighted by molar-refractivity contribution is -0.136. The Labute approximate surface area is 127 Å². The van der Waals surface area contributed by atoms with Crippen LogP contribution in [-0.2, 0) is 9.53 Å². The van der Waals surface area contributed by atoms with Gasteiger partial charge in [0.25, 0.3) is 5.91 Å². The van der Waals surface area contributed by atoms with Crippen LogP contribution in [0.3, 0.4) is 0 Å². The quantitative estimate of drug-likeness (QED) is 0.677. The van der Waals surface area contributed by atoms with Gasteiger partial charge in [-0.2, -0.15) is 0 Å². The minimum atomic E-state index is -0.681. The van der Waals surface area contributed by atoms with Crippen molar-refractivity contribution in [3.63, 3.8) is 0 Å². The lowest BCUT2D eigenvalue weighted by Gasteiger charge is -2.10. The van der Waals surface area contributed by atoms with Crippen molar-refractivity contribution in [2.45, 2.75) is 0 Å². The lowest BCUT2D eigenvalue weighted by Crippen LogP contribution is -2.28. The van der Waals surface area contributed by atoms with Crippen LogP contribution in [0.4, 0.5) is 0 Å². The van der Waals surface area contributed by atoms with Crippen molar-refractivity contribution in [2.24, 2.45) is 0 Å². The summed E-state index contributed by atoms with van der Waals surface area (Å²) in [6.07, 6.45) is 2.85. The standard InChI is InChI=1S/C16H15NO5/c1-20-14-8-4-3-7-12(14)15(18)17-13(16(19)21-2)10-11-6-5-9-22-11/h3-10H,1-2H3,(H,17,18). The van der Waals surface area contributed by atoms with Gasteiger partial charge < -0.3 is 19.2 Å². The molecule has 0 aliphatic carbocycles. The SMILES string of the molecule is COC(=O)C(=Cc1ccco1)NC(=O)c1ccccc1OC. The van der Waals surface area contributed by atoms with Crippen LogP contribution in [0.5, 0.6) is 5.75 Å². The maximum absolute atomic E-state index is 12.3. The number of ether oxygens (including phenoxy) is 2. The molecule has 1 amide bonds. The van der Waals surface area contributed by atoms with Crippen molar-refractivity contribution in [1.82, 2.24) is 5.32 Å². The number of nitrogens with one attached hydrogen (secondary N) is 1. The van der Waals surface area contributed by atoms with Crippen molar-refractivity contribution >= 4 is 18.0 Å². The van der Waals surface area contributed by atoms with E-state index in [1.165, 1.54) is 26.6 Å². The number of carbonyl (C=O) groups excluding carboxylic acids is 2. The predicted octanol–water partition coefficient (Wildman–Crippen LogP) is 2.23. The van der Waals surface area contributed by atoms with Crippen LogP contribution in [-0.4, -0.2) is 26.1 Å². The van der Waals surface area contributed by atoms with Gasteiger partial charge in [-0.3, -0.25) is 4.79 Å². The van der Waals surface area contributed by atoms with E-state index in [9.17, 15) is 9.59 Å². The first-order valence-electron chi connectivity index (χ1n) is 6.43. The normalized spacial score (nSPS) is 10.9. The molecule has 2 rings (SSSR count). The number of amides is 1. The smallest absolute Gasteiger partial charge is 0.354 e. The number of furan rings is 1. The number of benzene rings is 1. The fourth-order valence-electron chi connectivity index (χ4n) is 1.79. The molecule has 114 valence electrons. The number of hydrogen-bond donors (Lipinski definition) is 1. The van der Waals surface area contributed by atoms with Crippen LogP contribution in [0.15, 0.2) is 52.8 Å². The van der Waals surface area contributed by atoms with Gasteiger partial charge in [0.2, 0.25) is 0 Å². The Hall–Kier alpha value is -3.02. The topological polar surface area (TPSA) is 77.8 Å². The van der Waals surface area contributed by atoms with Crippen molar-refractivity contribution in [1.29, 1.82) is 0 Å². The second-order valence-electron chi connectivity index (χ2n) is 4.22. The van der Waals surface area contributed by atoms with E-state index in [1.54, 1.807) is 36.4 Å². The van der Waals surface area contributed by atoms with E-state index in [4.69, 9.17) is 9.15 Å². The van der Waals surface area contributed by atoms with Crippen LogP contribution >= 0.6 is 0 Å². The lowest BCUT2D eigenvalue weighted by atomic mass is 10.2. The maximum atomic E-state index is 12.3. The Balaban J connectivity index is 2.27. The highest BCUT2D eigenvalue weighted by molar-refractivity contribution is 6.04. The van der Waals surface area contributed by atoms with E-state index in [0.717, 1.165) is 0 Å². The summed E-state index contributed by atoms with van der Waals surface area (Å²) in [7, 11) is 2.69. The summed E-state index contributed by atoms with van der Waals surface area (Å²) in [5, 5.41) is 2.50. The Morgan fingerprint density at radius 2 is 1.91 bits per heavy atom. The molecule has 0 saturated heterocycles. The van der Waals surface area contributed by atoms with E-state index in [0.29, 0.717) is 17.1 Å². The highest BCUT2D eigenvalue weighted by atomic mass is 16.5. The first kappa shape index (κ1) is 15.4. The Kier molecular flexibility index (Phi) is 4.98. The predicted molar refractivity (Wildman–Crippen MR) is 79.2 cm³/mol. The van der Waals surface area contributed by atoms with Crippen molar-refractivity contribution in [3.8, 4) is 5.75 Å². The summed E-state index contributed by atoms with van der Waals surface area (Å²) in [5.74, 6) is -0.344. The third kappa shape index (κ3) is 3.54. The zero-order valence-corrected chi connectivity index (χ0v) is 12.2. The summed E-state index contributed by atoms with van der Waals surface area (Å²) in [6, 6.07) is 10.0. The van der Waals surface area contributed by atoms with Gasteiger partial charge in [-0.25, -0.2) is 4.79 Å². The maximum Gasteiger partial charge on any atom is 0.354 e. The molecule has 0 aliphatic rings. The van der Waals surface area contributed by atoms with Crippen LogP contribution in [0.1, 0.15) is 16.1 Å². The molecule has 2 aromatic rings. The van der Waals surface area contributed by atoms with E-state index < -0.39 is 11.9 Å². The molecule has 1 aromatic carbocycles. The average Bonchev–Trinajstić information content (AvgIpc) is 3.06. The summed E-state index contributed by atoms with van der Waals surface area (Å²) in [4.78, 5) is 24.1. The van der Waals surface area contributed by atoms with Crippen molar-refractivity contribution in [2.75, 3.05) is 14.2 Å². The largest absolute Gasteiger partial charge is 0.496 e. The number of methoxy groups -OCH3 is 2. The molecule has 0 bridgehead atoms. The molecule has 1 aromatic heterocycles. The summed E-state index contributed by atoms with van der Waals surface area (Å²) >= 11 is 0. The zero-order chi connectivity index (χ0) is 15.9. The zero-order valence-electron chi connectivity index (χ0n) is 12.2. The first-order valence-corrected chi connectivity index (χ1v) is 6.43. The molecule has 6 nitrogen and oxygen atoms in total. The van der Waals surface area contributed by atoms with E-state index >= 15 is 0 Å². The van der Waals surface area contributed by atoms with Crippen LogP contribution < -0.4 is 10.1 Å². The minimum absolute atomic E-state index is 0.0339. The van der Waals surface area contributed by atoms with Crippen LogP contribution in [0, 0.1) is 0 Å². The van der Waals surface area contributed by atoms with Crippen molar-refractivity contribution < 1.29 is 23.5 Å². The monoisotopic (exact) mass is 301 g/mol. The van der Waals surface area contributed by atoms with Gasteiger partial charge in [0.1, 0.15) is 17.2 Å². The fourth-order valence-corrected chi connectivity index (χ4v) is 1.79. The Morgan fingerprint density at radius 3 is 2.55 bits per heavy atom. The number of para-hydroxylation sites is 1. The van der Waals surface area contributed by atoms with Gasteiger partial charge in [-0.1, -0.05) is 12.1 Å². The first-order chi connectivity index (χ1) is 10.7. The highest BCUT2D eigenvalue weighted by Gasteiger charge is 2.18. The molecule has 0 unspecified atom stereocenters. The van der Waals surface area contributed by atoms with E-state index in [2.05, 4.69) is 10.1 Å². The molecule has 0 fully saturated rings. The van der Waals surface area contributed by atoms with Crippen LogP contribution in [0.2, 0.25) is 0 Å². The Bertz CT molecular complexity index is 688. The van der Waals surface area contributed by atoms with Gasteiger partial charge in [0.05, 0.1) is 26.0 Å². The molecule has 1 heterocycles. The average molecular weight is 301 g/mol. The molecular weight excluding hydrogens is 286 g/mol. The van der Waals surface area contributed by atoms with Gasteiger partial charge in [-0.15, -0.1) is 0 Å². The molecule has 22 heavy (non-hydrogen) atoms. The molecule has 0 saturated carbocycles. The Morgan fingerprint density at radius 1 is 1.14 bits per heavy atom. The minimum Gasteiger partial charge on any atom is -0.496 e. The third-order valence-electron chi connectivity index (χ3n) is 2.83. The number of hydrogen-bond acceptors (Lipinski definition) is 5. The van der Waals surface area contributed by atoms with Crippen molar-refractivity contribution in [3.05, 3.63) is 59.7 Å². The molecule has 0 spiro atoms. The molecule has 0 aliphatic heterocycles. The number of carbonyl (C=O) groups is 2. The van der Waals surface area contributed by atoms with Gasteiger partial charge in [0.15, 0.2) is 0 Å². The molecule has 1 N–H and O–H groups in total. The molecular formula is C16H15NO5. The van der Waals surface area contributed by atoms with Gasteiger partial charge in [-0.05, 0) is 24.3 Å². The van der Waals surface area contributed by atoms with Gasteiger partial charge in [0, 0.05) is 6.08 Å². The second kappa shape index (κ2) is 7.12. The summed E-state index contributed by atoms with van der Waals surface area (Å²) in [6.45, 7) is 0. The van der Waals surface area contributed by atoms with E-state index in [1.807, 2.05) is 0 Å².